The summed E-state index contributed by atoms with van der Waals surface area (Å²) in [5.74, 6) is 0.890. The van der Waals surface area contributed by atoms with E-state index in [1.807, 2.05) is 0 Å². The standard InChI is InChI=1S/C17H28N4O.HI/c1-3-9-19-17(18-4-2)20-14-15-5-7-16(8-6-15)21-10-12-22-13-11-21;/h5-8H,3-4,9-14H2,1-2H3,(H2,18,19,20);1H. The zero-order valence-electron chi connectivity index (χ0n) is 14.2. The number of hydrogen-bond acceptors (Lipinski definition) is 3. The van der Waals surface area contributed by atoms with E-state index >= 15 is 0 Å². The van der Waals surface area contributed by atoms with E-state index in [0.29, 0.717) is 6.54 Å². The Labute approximate surface area is 156 Å². The predicted octanol–water partition coefficient (Wildman–Crippen LogP) is 2.61. The van der Waals surface area contributed by atoms with Gasteiger partial charge in [0, 0.05) is 31.9 Å². The van der Waals surface area contributed by atoms with Gasteiger partial charge in [0.2, 0.25) is 0 Å². The second kappa shape index (κ2) is 11.5. The number of nitrogens with one attached hydrogen (secondary N) is 2. The lowest BCUT2D eigenvalue weighted by atomic mass is 10.2. The number of hydrogen-bond donors (Lipinski definition) is 2. The number of rotatable bonds is 6. The highest BCUT2D eigenvalue weighted by Crippen LogP contribution is 2.17. The summed E-state index contributed by atoms with van der Waals surface area (Å²) >= 11 is 0. The molecule has 6 heteroatoms. The highest BCUT2D eigenvalue weighted by molar-refractivity contribution is 14.0. The third kappa shape index (κ3) is 6.95. The van der Waals surface area contributed by atoms with Crippen molar-refractivity contribution in [3.63, 3.8) is 0 Å². The van der Waals surface area contributed by atoms with Crippen LogP contribution in [-0.2, 0) is 11.3 Å². The first kappa shape index (κ1) is 20.0. The first-order valence-corrected chi connectivity index (χ1v) is 8.27. The number of guanidine groups is 1. The zero-order valence-corrected chi connectivity index (χ0v) is 16.5. The van der Waals surface area contributed by atoms with Crippen LogP contribution >= 0.6 is 24.0 Å². The minimum Gasteiger partial charge on any atom is -0.378 e. The fraction of sp³-hybridized carbons (Fsp3) is 0.588. The number of morpholine rings is 1. The van der Waals surface area contributed by atoms with Crippen LogP contribution in [-0.4, -0.2) is 45.4 Å². The van der Waals surface area contributed by atoms with Crippen molar-refractivity contribution in [2.45, 2.75) is 26.8 Å². The van der Waals surface area contributed by atoms with Gasteiger partial charge in [-0.25, -0.2) is 4.99 Å². The van der Waals surface area contributed by atoms with Crippen LogP contribution in [0.15, 0.2) is 29.3 Å². The van der Waals surface area contributed by atoms with Crippen molar-refractivity contribution in [3.05, 3.63) is 29.8 Å². The smallest absolute Gasteiger partial charge is 0.191 e. The SMILES string of the molecule is CCCNC(=NCc1ccc(N2CCOCC2)cc1)NCC.I. The molecule has 5 nitrogen and oxygen atoms in total. The predicted molar refractivity (Wildman–Crippen MR) is 108 cm³/mol. The van der Waals surface area contributed by atoms with E-state index in [2.05, 4.69) is 58.6 Å². The van der Waals surface area contributed by atoms with E-state index in [1.54, 1.807) is 0 Å². The highest BCUT2D eigenvalue weighted by atomic mass is 127. The number of nitrogens with zero attached hydrogens (tertiary/aromatic N) is 2. The number of halogens is 1. The molecule has 0 aliphatic carbocycles. The number of benzene rings is 1. The van der Waals surface area contributed by atoms with Crippen LogP contribution < -0.4 is 15.5 Å². The van der Waals surface area contributed by atoms with Gasteiger partial charge in [0.05, 0.1) is 19.8 Å². The molecule has 1 fully saturated rings. The van der Waals surface area contributed by atoms with Crippen molar-refractivity contribution in [2.24, 2.45) is 4.99 Å². The van der Waals surface area contributed by atoms with E-state index in [-0.39, 0.29) is 24.0 Å². The molecule has 23 heavy (non-hydrogen) atoms. The summed E-state index contributed by atoms with van der Waals surface area (Å²) in [7, 11) is 0. The normalized spacial score (nSPS) is 15.0. The Morgan fingerprint density at radius 3 is 2.43 bits per heavy atom. The van der Waals surface area contributed by atoms with E-state index in [0.717, 1.165) is 51.8 Å². The molecule has 1 aliphatic heterocycles. The van der Waals surface area contributed by atoms with Crippen LogP contribution in [0.3, 0.4) is 0 Å². The van der Waals surface area contributed by atoms with Gasteiger partial charge in [-0.3, -0.25) is 0 Å². The molecule has 0 amide bonds. The van der Waals surface area contributed by atoms with Crippen molar-refractivity contribution in [2.75, 3.05) is 44.3 Å². The van der Waals surface area contributed by atoms with E-state index in [1.165, 1.54) is 11.3 Å². The third-order valence-electron chi connectivity index (χ3n) is 3.62. The van der Waals surface area contributed by atoms with Crippen molar-refractivity contribution in [3.8, 4) is 0 Å². The fourth-order valence-electron chi connectivity index (χ4n) is 2.39. The number of anilines is 1. The van der Waals surface area contributed by atoms with Gasteiger partial charge < -0.3 is 20.3 Å². The molecule has 0 atom stereocenters. The summed E-state index contributed by atoms with van der Waals surface area (Å²) in [6.45, 7) is 10.4. The van der Waals surface area contributed by atoms with Gasteiger partial charge in [0.15, 0.2) is 5.96 Å². The summed E-state index contributed by atoms with van der Waals surface area (Å²) in [6.07, 6.45) is 1.10. The topological polar surface area (TPSA) is 48.9 Å². The largest absolute Gasteiger partial charge is 0.378 e. The van der Waals surface area contributed by atoms with Crippen molar-refractivity contribution in [1.82, 2.24) is 10.6 Å². The van der Waals surface area contributed by atoms with Crippen LogP contribution in [0.4, 0.5) is 5.69 Å². The minimum absolute atomic E-state index is 0. The second-order valence-electron chi connectivity index (χ2n) is 5.39. The molecule has 0 unspecified atom stereocenters. The van der Waals surface area contributed by atoms with Gasteiger partial charge in [-0.2, -0.15) is 0 Å². The Morgan fingerprint density at radius 2 is 1.83 bits per heavy atom. The molecule has 2 rings (SSSR count). The lowest BCUT2D eigenvalue weighted by Gasteiger charge is -2.28. The maximum Gasteiger partial charge on any atom is 0.191 e. The fourth-order valence-corrected chi connectivity index (χ4v) is 2.39. The maximum atomic E-state index is 5.39. The van der Waals surface area contributed by atoms with Gasteiger partial charge in [-0.15, -0.1) is 24.0 Å². The monoisotopic (exact) mass is 432 g/mol. The van der Waals surface area contributed by atoms with E-state index in [9.17, 15) is 0 Å². The lowest BCUT2D eigenvalue weighted by molar-refractivity contribution is 0.122. The van der Waals surface area contributed by atoms with Gasteiger partial charge >= 0.3 is 0 Å². The Hall–Kier alpha value is -1.02. The lowest BCUT2D eigenvalue weighted by Crippen LogP contribution is -2.37. The Morgan fingerprint density at radius 1 is 1.13 bits per heavy atom. The van der Waals surface area contributed by atoms with Gasteiger partial charge in [-0.1, -0.05) is 19.1 Å². The van der Waals surface area contributed by atoms with Crippen LogP contribution in [0.2, 0.25) is 0 Å². The Bertz CT molecular complexity index is 458. The molecule has 1 aromatic rings. The number of ether oxygens (including phenoxy) is 1. The quantitative estimate of drug-likeness (QED) is 0.412. The highest BCUT2D eigenvalue weighted by Gasteiger charge is 2.10. The van der Waals surface area contributed by atoms with Crippen LogP contribution in [0.1, 0.15) is 25.8 Å². The van der Waals surface area contributed by atoms with Crippen LogP contribution in [0, 0.1) is 0 Å². The molecule has 1 aliphatic rings. The Balaban J connectivity index is 0.00000264. The summed E-state index contributed by atoms with van der Waals surface area (Å²) < 4.78 is 5.39. The molecule has 0 bridgehead atoms. The first-order chi connectivity index (χ1) is 10.8. The molecule has 1 saturated heterocycles. The Kier molecular flexibility index (Phi) is 10.0. The summed E-state index contributed by atoms with van der Waals surface area (Å²) in [5, 5.41) is 6.59. The maximum absolute atomic E-state index is 5.39. The summed E-state index contributed by atoms with van der Waals surface area (Å²) in [5.41, 5.74) is 2.50. The van der Waals surface area contributed by atoms with Gasteiger partial charge in [-0.05, 0) is 31.0 Å². The average Bonchev–Trinajstić information content (AvgIpc) is 2.58. The van der Waals surface area contributed by atoms with Crippen molar-refractivity contribution >= 4 is 35.6 Å². The molecular formula is C17H29IN4O. The van der Waals surface area contributed by atoms with Crippen LogP contribution in [0.25, 0.3) is 0 Å². The van der Waals surface area contributed by atoms with Gasteiger partial charge in [0.1, 0.15) is 0 Å². The molecule has 0 saturated carbocycles. The van der Waals surface area contributed by atoms with Crippen molar-refractivity contribution in [1.29, 1.82) is 0 Å². The molecule has 1 heterocycles. The summed E-state index contributed by atoms with van der Waals surface area (Å²) in [6, 6.07) is 8.69. The van der Waals surface area contributed by atoms with Crippen LogP contribution in [0.5, 0.6) is 0 Å². The number of aliphatic imine (C=N–C) groups is 1. The zero-order chi connectivity index (χ0) is 15.6. The molecule has 130 valence electrons. The van der Waals surface area contributed by atoms with Crippen molar-refractivity contribution < 1.29 is 4.74 Å². The molecule has 1 aromatic carbocycles. The van der Waals surface area contributed by atoms with E-state index in [4.69, 9.17) is 4.74 Å². The summed E-state index contributed by atoms with van der Waals surface area (Å²) in [4.78, 5) is 6.99. The average molecular weight is 432 g/mol. The first-order valence-electron chi connectivity index (χ1n) is 8.27. The second-order valence-corrected chi connectivity index (χ2v) is 5.39. The van der Waals surface area contributed by atoms with Gasteiger partial charge in [0.25, 0.3) is 0 Å². The molecule has 0 aromatic heterocycles. The van der Waals surface area contributed by atoms with E-state index < -0.39 is 0 Å². The third-order valence-corrected chi connectivity index (χ3v) is 3.62. The minimum atomic E-state index is 0. The molecule has 0 spiro atoms. The molecule has 2 N–H and O–H groups in total. The molecule has 0 radical (unpaired) electrons. The molecular weight excluding hydrogens is 403 g/mol.